The lowest BCUT2D eigenvalue weighted by Gasteiger charge is -2.20. The molecule has 3 aromatic heterocycles. The Morgan fingerprint density at radius 3 is 2.42 bits per heavy atom. The summed E-state index contributed by atoms with van der Waals surface area (Å²) in [7, 11) is 0. The van der Waals surface area contributed by atoms with E-state index in [1.54, 1.807) is 19.4 Å². The first-order valence-electron chi connectivity index (χ1n) is 14.1. The Morgan fingerprint density at radius 1 is 1.00 bits per heavy atom. The molecule has 0 aliphatic heterocycles. The van der Waals surface area contributed by atoms with Crippen LogP contribution in [0.4, 0.5) is 0 Å². The van der Waals surface area contributed by atoms with Crippen molar-refractivity contribution >= 4 is 50.6 Å². The number of benzene rings is 2. The third-order valence-corrected chi connectivity index (χ3v) is 7.97. The molecule has 0 fully saturated rings. The summed E-state index contributed by atoms with van der Waals surface area (Å²) >= 11 is 0. The monoisotopic (exact) mass is 585 g/mol. The van der Waals surface area contributed by atoms with E-state index in [4.69, 9.17) is 8.83 Å². The van der Waals surface area contributed by atoms with Crippen LogP contribution in [0.3, 0.4) is 0 Å². The maximum atomic E-state index is 13.4. The fourth-order valence-electron chi connectivity index (χ4n) is 5.49. The molecule has 2 amide bonds. The van der Waals surface area contributed by atoms with Crippen molar-refractivity contribution in [1.82, 2.24) is 15.6 Å². The van der Waals surface area contributed by atoms with E-state index in [1.807, 2.05) is 37.3 Å². The van der Waals surface area contributed by atoms with Gasteiger partial charge in [-0.2, -0.15) is 0 Å². The number of aromatic nitrogens is 1. The zero-order chi connectivity index (χ0) is 31.2. The third kappa shape index (κ3) is 5.64. The van der Waals surface area contributed by atoms with E-state index in [0.717, 1.165) is 27.4 Å². The molecular formula is C33H35N3O7. The minimum absolute atomic E-state index is 0.104. The van der Waals surface area contributed by atoms with Crippen LogP contribution < -0.4 is 16.3 Å². The second-order valence-corrected chi connectivity index (χ2v) is 12.1. The van der Waals surface area contributed by atoms with Gasteiger partial charge in [-0.1, -0.05) is 39.0 Å². The number of furan rings is 1. The lowest BCUT2D eigenvalue weighted by Crippen LogP contribution is -2.52. The summed E-state index contributed by atoms with van der Waals surface area (Å²) in [4.78, 5) is 54.3. The van der Waals surface area contributed by atoms with Crippen molar-refractivity contribution in [3.8, 4) is 0 Å². The molecule has 2 atom stereocenters. The molecular weight excluding hydrogens is 550 g/mol. The summed E-state index contributed by atoms with van der Waals surface area (Å²) in [5, 5.41) is 17.0. The number of fused-ring (bicyclic) bond motifs is 3. The van der Waals surface area contributed by atoms with E-state index < -0.39 is 35.5 Å². The van der Waals surface area contributed by atoms with Crippen LogP contribution in [0.1, 0.15) is 55.5 Å². The van der Waals surface area contributed by atoms with Gasteiger partial charge in [0, 0.05) is 45.4 Å². The third-order valence-electron chi connectivity index (χ3n) is 7.97. The molecule has 43 heavy (non-hydrogen) atoms. The van der Waals surface area contributed by atoms with Crippen molar-refractivity contribution in [2.45, 2.75) is 71.9 Å². The SMILES string of the molecule is Cc1c(CC(=O)N[C@@H](Cc2c[nH]c3ccccc23)C(=O)N[C@@H](C)C(=O)O)c(=O)oc2c(C)c3occ(C(C)(C)C)c3cc12. The van der Waals surface area contributed by atoms with E-state index in [9.17, 15) is 24.3 Å². The fraction of sp³-hybridized carbons (Fsp3) is 0.333. The maximum absolute atomic E-state index is 13.4. The van der Waals surface area contributed by atoms with Gasteiger partial charge in [0.15, 0.2) is 0 Å². The second-order valence-electron chi connectivity index (χ2n) is 12.1. The number of amides is 2. The Bertz CT molecular complexity index is 1950. The number of carbonyl (C=O) groups is 3. The Hall–Kier alpha value is -4.86. The molecule has 0 spiro atoms. The van der Waals surface area contributed by atoms with Crippen molar-refractivity contribution in [3.05, 3.63) is 81.0 Å². The standard InChI is InChI=1S/C33H35N3O7/c1-16-21-12-23-24(33(4,5)6)15-42-28(23)17(2)29(21)43-32(41)22(16)13-27(37)36-26(30(38)35-18(3)31(39)40)11-19-14-34-25-10-8-7-9-20(19)25/h7-10,12,14-15,18,26,34H,11,13H2,1-6H3,(H,35,38)(H,36,37)(H,39,40)/t18-,26-/m0/s1. The lowest BCUT2D eigenvalue weighted by atomic mass is 9.86. The first-order valence-corrected chi connectivity index (χ1v) is 14.1. The van der Waals surface area contributed by atoms with E-state index in [0.29, 0.717) is 27.7 Å². The number of H-pyrrole nitrogens is 1. The molecule has 224 valence electrons. The van der Waals surface area contributed by atoms with Crippen LogP contribution >= 0.6 is 0 Å². The Morgan fingerprint density at radius 2 is 1.72 bits per heavy atom. The van der Waals surface area contributed by atoms with Gasteiger partial charge in [-0.3, -0.25) is 14.4 Å². The molecule has 4 N–H and O–H groups in total. The first kappa shape index (κ1) is 29.6. The summed E-state index contributed by atoms with van der Waals surface area (Å²) in [6.45, 7) is 11.2. The average molecular weight is 586 g/mol. The Kier molecular flexibility index (Phi) is 7.64. The van der Waals surface area contributed by atoms with Crippen LogP contribution in [-0.4, -0.2) is 40.0 Å². The van der Waals surface area contributed by atoms with E-state index >= 15 is 0 Å². The van der Waals surface area contributed by atoms with E-state index in [-0.39, 0.29) is 23.8 Å². The molecule has 0 aliphatic rings. The van der Waals surface area contributed by atoms with Gasteiger partial charge in [-0.05, 0) is 49.4 Å². The van der Waals surface area contributed by atoms with Gasteiger partial charge < -0.3 is 29.6 Å². The molecule has 0 saturated carbocycles. The highest BCUT2D eigenvalue weighted by Gasteiger charge is 2.28. The maximum Gasteiger partial charge on any atom is 0.340 e. The average Bonchev–Trinajstić information content (AvgIpc) is 3.56. The number of aromatic amines is 1. The number of rotatable bonds is 8. The Labute approximate surface area is 247 Å². The zero-order valence-electron chi connectivity index (χ0n) is 25.0. The number of carbonyl (C=O) groups excluding carboxylic acids is 2. The molecule has 2 aromatic carbocycles. The summed E-state index contributed by atoms with van der Waals surface area (Å²) in [5.41, 5.74) is 4.33. The summed E-state index contributed by atoms with van der Waals surface area (Å²) in [6, 6.07) is 7.21. The number of hydrogen-bond acceptors (Lipinski definition) is 6. The van der Waals surface area contributed by atoms with Crippen molar-refractivity contribution < 1.29 is 28.3 Å². The van der Waals surface area contributed by atoms with Gasteiger partial charge in [0.2, 0.25) is 11.8 Å². The molecule has 3 heterocycles. The minimum Gasteiger partial charge on any atom is -0.480 e. The van der Waals surface area contributed by atoms with E-state index in [2.05, 4.69) is 36.4 Å². The number of aliphatic carboxylic acids is 1. The molecule has 0 aliphatic carbocycles. The highest BCUT2D eigenvalue weighted by Crippen LogP contribution is 2.37. The van der Waals surface area contributed by atoms with Crippen LogP contribution in [0, 0.1) is 13.8 Å². The Balaban J connectivity index is 1.48. The van der Waals surface area contributed by atoms with Crippen LogP contribution in [0.15, 0.2) is 56.4 Å². The van der Waals surface area contributed by atoms with Gasteiger partial charge in [-0.15, -0.1) is 0 Å². The zero-order valence-corrected chi connectivity index (χ0v) is 25.0. The molecule has 0 radical (unpaired) electrons. The highest BCUT2D eigenvalue weighted by molar-refractivity contribution is 6.00. The van der Waals surface area contributed by atoms with Crippen molar-refractivity contribution in [2.75, 3.05) is 0 Å². The number of hydrogen-bond donors (Lipinski definition) is 4. The summed E-state index contributed by atoms with van der Waals surface area (Å²) in [5.74, 6) is -2.43. The predicted octanol–water partition coefficient (Wildman–Crippen LogP) is 4.79. The molecule has 10 nitrogen and oxygen atoms in total. The topological polar surface area (TPSA) is 155 Å². The number of para-hydroxylation sites is 1. The molecule has 10 heteroatoms. The van der Waals surface area contributed by atoms with Crippen molar-refractivity contribution in [3.63, 3.8) is 0 Å². The van der Waals surface area contributed by atoms with Gasteiger partial charge in [0.25, 0.3) is 0 Å². The van der Waals surface area contributed by atoms with E-state index in [1.165, 1.54) is 6.92 Å². The van der Waals surface area contributed by atoms with Crippen molar-refractivity contribution in [1.29, 1.82) is 0 Å². The summed E-state index contributed by atoms with van der Waals surface area (Å²) < 4.78 is 11.6. The molecule has 0 saturated heterocycles. The number of carboxylic acids is 1. The molecule has 0 unspecified atom stereocenters. The smallest absolute Gasteiger partial charge is 0.340 e. The molecule has 5 aromatic rings. The van der Waals surface area contributed by atoms with Gasteiger partial charge in [0.05, 0.1) is 18.2 Å². The predicted molar refractivity (Wildman–Crippen MR) is 163 cm³/mol. The number of carboxylic acid groups (broad SMARTS) is 1. The first-order chi connectivity index (χ1) is 20.3. The fourth-order valence-corrected chi connectivity index (χ4v) is 5.49. The van der Waals surface area contributed by atoms with Gasteiger partial charge in [0.1, 0.15) is 23.2 Å². The minimum atomic E-state index is -1.20. The van der Waals surface area contributed by atoms with Gasteiger partial charge in [-0.25, -0.2) is 4.79 Å². The van der Waals surface area contributed by atoms with Crippen molar-refractivity contribution in [2.24, 2.45) is 0 Å². The molecule has 0 bridgehead atoms. The number of nitrogens with one attached hydrogen (secondary N) is 3. The lowest BCUT2D eigenvalue weighted by molar-refractivity contribution is -0.141. The summed E-state index contributed by atoms with van der Waals surface area (Å²) in [6.07, 6.45) is 3.25. The largest absolute Gasteiger partial charge is 0.480 e. The molecule has 5 rings (SSSR count). The highest BCUT2D eigenvalue weighted by atomic mass is 16.4. The van der Waals surface area contributed by atoms with Crippen LogP contribution in [0.5, 0.6) is 0 Å². The van der Waals surface area contributed by atoms with Gasteiger partial charge >= 0.3 is 11.6 Å². The number of aryl methyl sites for hydroxylation is 2. The van der Waals surface area contributed by atoms with Crippen LogP contribution in [-0.2, 0) is 32.6 Å². The van der Waals surface area contributed by atoms with Crippen LogP contribution in [0.25, 0.3) is 32.8 Å². The second kappa shape index (κ2) is 11.1. The quantitative estimate of drug-likeness (QED) is 0.191. The van der Waals surface area contributed by atoms with Crippen LogP contribution in [0.2, 0.25) is 0 Å². The normalized spacial score (nSPS) is 13.3.